The van der Waals surface area contributed by atoms with E-state index in [1.54, 1.807) is 25.9 Å². The summed E-state index contributed by atoms with van der Waals surface area (Å²) in [6.45, 7) is 5.78. The van der Waals surface area contributed by atoms with E-state index in [2.05, 4.69) is 6.58 Å². The first kappa shape index (κ1) is 14.6. The molecule has 0 N–H and O–H groups in total. The third-order valence-corrected chi connectivity index (χ3v) is 1.58. The molecule has 0 bridgehead atoms. The van der Waals surface area contributed by atoms with Crippen LogP contribution in [0, 0.1) is 0 Å². The Morgan fingerprint density at radius 3 is 2.25 bits per heavy atom. The van der Waals surface area contributed by atoms with E-state index in [0.29, 0.717) is 12.0 Å². The highest BCUT2D eigenvalue weighted by Crippen LogP contribution is 1.94. The number of hydrogen-bond donors (Lipinski definition) is 0. The molecule has 92 valence electrons. The molecule has 0 aromatic rings. The Bertz CT molecular complexity index is 261. The lowest BCUT2D eigenvalue weighted by Crippen LogP contribution is -2.24. The summed E-state index contributed by atoms with van der Waals surface area (Å²) < 4.78 is 9.73. The van der Waals surface area contributed by atoms with Gasteiger partial charge in [-0.1, -0.05) is 6.58 Å². The van der Waals surface area contributed by atoms with Crippen molar-refractivity contribution in [3.05, 3.63) is 12.2 Å². The minimum Gasteiger partial charge on any atom is -0.465 e. The first-order valence-electron chi connectivity index (χ1n) is 5.06. The van der Waals surface area contributed by atoms with Crippen LogP contribution in [0.15, 0.2) is 12.2 Å². The third-order valence-electron chi connectivity index (χ3n) is 1.58. The lowest BCUT2D eigenvalue weighted by molar-refractivity contribution is -0.145. The molecule has 0 aromatic carbocycles. The first-order valence-corrected chi connectivity index (χ1v) is 5.06. The molecule has 0 aromatic heterocycles. The van der Waals surface area contributed by atoms with Gasteiger partial charge in [-0.2, -0.15) is 0 Å². The van der Waals surface area contributed by atoms with Crippen molar-refractivity contribution < 1.29 is 19.1 Å². The lowest BCUT2D eigenvalue weighted by atomic mass is 10.4. The fourth-order valence-corrected chi connectivity index (χ4v) is 0.837. The maximum absolute atomic E-state index is 11.1. The molecule has 0 fully saturated rings. The molecule has 0 heterocycles. The highest BCUT2D eigenvalue weighted by molar-refractivity contribution is 5.86. The zero-order chi connectivity index (χ0) is 12.6. The van der Waals surface area contributed by atoms with Crippen molar-refractivity contribution in [1.29, 1.82) is 0 Å². The Balaban J connectivity index is 3.44. The first-order chi connectivity index (χ1) is 7.43. The molecule has 0 aliphatic carbocycles. The van der Waals surface area contributed by atoms with E-state index in [9.17, 15) is 9.59 Å². The minimum atomic E-state index is -0.417. The molecule has 0 saturated heterocycles. The maximum Gasteiger partial charge on any atom is 0.333 e. The van der Waals surface area contributed by atoms with Crippen molar-refractivity contribution in [1.82, 2.24) is 4.90 Å². The Morgan fingerprint density at radius 1 is 1.19 bits per heavy atom. The summed E-state index contributed by atoms with van der Waals surface area (Å²) in [6, 6.07) is 0. The van der Waals surface area contributed by atoms with Crippen LogP contribution in [0.5, 0.6) is 0 Å². The quantitative estimate of drug-likeness (QED) is 0.363. The predicted molar refractivity (Wildman–Crippen MR) is 59.9 cm³/mol. The zero-order valence-corrected chi connectivity index (χ0v) is 10.1. The van der Waals surface area contributed by atoms with Crippen LogP contribution in [-0.2, 0) is 19.1 Å². The van der Waals surface area contributed by atoms with Gasteiger partial charge in [-0.05, 0) is 21.0 Å². The van der Waals surface area contributed by atoms with E-state index in [0.717, 1.165) is 0 Å². The maximum atomic E-state index is 11.1. The summed E-state index contributed by atoms with van der Waals surface area (Å²) in [5, 5.41) is 0. The highest BCUT2D eigenvalue weighted by atomic mass is 16.5. The molecule has 0 amide bonds. The molecule has 0 aliphatic rings. The van der Waals surface area contributed by atoms with Crippen LogP contribution >= 0.6 is 0 Å². The van der Waals surface area contributed by atoms with Crippen LogP contribution in [-0.4, -0.2) is 50.7 Å². The van der Waals surface area contributed by atoms with Gasteiger partial charge in [0.2, 0.25) is 0 Å². The SMILES string of the molecule is C=C(C)C(=O)OCCCOC(=O)CN(C)C. The smallest absolute Gasteiger partial charge is 0.333 e. The van der Waals surface area contributed by atoms with Gasteiger partial charge < -0.3 is 9.47 Å². The molecule has 0 unspecified atom stereocenters. The van der Waals surface area contributed by atoms with Gasteiger partial charge in [-0.25, -0.2) is 4.79 Å². The van der Waals surface area contributed by atoms with Gasteiger partial charge >= 0.3 is 11.9 Å². The van der Waals surface area contributed by atoms with E-state index < -0.39 is 5.97 Å². The summed E-state index contributed by atoms with van der Waals surface area (Å²) in [4.78, 5) is 23.7. The van der Waals surface area contributed by atoms with Crippen LogP contribution < -0.4 is 0 Å². The summed E-state index contributed by atoms with van der Waals surface area (Å²) in [5.41, 5.74) is 0.365. The van der Waals surface area contributed by atoms with Gasteiger partial charge in [0.15, 0.2) is 0 Å². The van der Waals surface area contributed by atoms with Crippen molar-refractivity contribution in [2.24, 2.45) is 0 Å². The number of ether oxygens (including phenoxy) is 2. The number of likely N-dealkylation sites (N-methyl/N-ethyl adjacent to an activating group) is 1. The molecule has 0 saturated carbocycles. The standard InChI is InChI=1S/C11H19NO4/c1-9(2)11(14)16-7-5-6-15-10(13)8-12(3)4/h1,5-8H2,2-4H3. The van der Waals surface area contributed by atoms with Crippen molar-refractivity contribution in [2.45, 2.75) is 13.3 Å². The number of carbonyl (C=O) groups excluding carboxylic acids is 2. The highest BCUT2D eigenvalue weighted by Gasteiger charge is 2.05. The summed E-state index contributed by atoms with van der Waals surface area (Å²) >= 11 is 0. The van der Waals surface area contributed by atoms with E-state index in [-0.39, 0.29) is 25.7 Å². The van der Waals surface area contributed by atoms with E-state index in [4.69, 9.17) is 9.47 Å². The summed E-state index contributed by atoms with van der Waals surface area (Å²) in [5.74, 6) is -0.698. The van der Waals surface area contributed by atoms with Gasteiger partial charge in [0, 0.05) is 12.0 Å². The van der Waals surface area contributed by atoms with Crippen LogP contribution in [0.1, 0.15) is 13.3 Å². The fourth-order valence-electron chi connectivity index (χ4n) is 0.837. The van der Waals surface area contributed by atoms with Crippen LogP contribution in [0.25, 0.3) is 0 Å². The van der Waals surface area contributed by atoms with Gasteiger partial charge in [-0.15, -0.1) is 0 Å². The largest absolute Gasteiger partial charge is 0.465 e. The Morgan fingerprint density at radius 2 is 1.75 bits per heavy atom. The molecular formula is C11H19NO4. The summed E-state index contributed by atoms with van der Waals surface area (Å²) in [7, 11) is 3.58. The number of nitrogens with zero attached hydrogens (tertiary/aromatic N) is 1. The monoisotopic (exact) mass is 229 g/mol. The van der Waals surface area contributed by atoms with Crippen LogP contribution in [0.3, 0.4) is 0 Å². The molecule has 16 heavy (non-hydrogen) atoms. The molecule has 0 aliphatic heterocycles. The zero-order valence-electron chi connectivity index (χ0n) is 10.1. The van der Waals surface area contributed by atoms with Crippen molar-refractivity contribution in [3.63, 3.8) is 0 Å². The molecule has 5 nitrogen and oxygen atoms in total. The molecule has 0 radical (unpaired) electrons. The Kier molecular flexibility index (Phi) is 7.20. The number of carbonyl (C=O) groups is 2. The Hall–Kier alpha value is -1.36. The fraction of sp³-hybridized carbons (Fsp3) is 0.636. The topological polar surface area (TPSA) is 55.8 Å². The minimum absolute atomic E-state index is 0.237. The number of esters is 2. The second kappa shape index (κ2) is 7.87. The second-order valence-electron chi connectivity index (χ2n) is 3.73. The van der Waals surface area contributed by atoms with Crippen molar-refractivity contribution >= 4 is 11.9 Å². The van der Waals surface area contributed by atoms with Gasteiger partial charge in [0.25, 0.3) is 0 Å². The average Bonchev–Trinajstić information content (AvgIpc) is 2.15. The van der Waals surface area contributed by atoms with Crippen molar-refractivity contribution in [3.8, 4) is 0 Å². The average molecular weight is 229 g/mol. The normalized spacial score (nSPS) is 10.0. The third kappa shape index (κ3) is 7.99. The molecule has 0 spiro atoms. The molecule has 5 heteroatoms. The number of hydrogen-bond acceptors (Lipinski definition) is 5. The summed E-state index contributed by atoms with van der Waals surface area (Å²) in [6.07, 6.45) is 0.498. The Labute approximate surface area is 96.0 Å². The second-order valence-corrected chi connectivity index (χ2v) is 3.73. The van der Waals surface area contributed by atoms with E-state index >= 15 is 0 Å². The van der Waals surface area contributed by atoms with Crippen LogP contribution in [0.2, 0.25) is 0 Å². The van der Waals surface area contributed by atoms with Gasteiger partial charge in [0.05, 0.1) is 19.8 Å². The molecule has 0 atom stereocenters. The van der Waals surface area contributed by atoms with E-state index in [1.165, 1.54) is 0 Å². The van der Waals surface area contributed by atoms with Crippen LogP contribution in [0.4, 0.5) is 0 Å². The van der Waals surface area contributed by atoms with Gasteiger partial charge in [-0.3, -0.25) is 9.69 Å². The van der Waals surface area contributed by atoms with E-state index in [1.807, 2.05) is 0 Å². The lowest BCUT2D eigenvalue weighted by Gasteiger charge is -2.09. The van der Waals surface area contributed by atoms with Gasteiger partial charge in [0.1, 0.15) is 0 Å². The molecular weight excluding hydrogens is 210 g/mol. The predicted octanol–water partition coefficient (Wildman–Crippen LogP) is 0.601. The van der Waals surface area contributed by atoms with Crippen molar-refractivity contribution in [2.75, 3.05) is 33.9 Å². The molecule has 0 rings (SSSR count). The number of rotatable bonds is 7.